The summed E-state index contributed by atoms with van der Waals surface area (Å²) in [5.41, 5.74) is 3.74. The van der Waals surface area contributed by atoms with Crippen LogP contribution in [0.4, 0.5) is 0 Å². The topological polar surface area (TPSA) is 15.7 Å². The number of aryl methyl sites for hydroxylation is 1. The average Bonchev–Trinajstić information content (AvgIpc) is 2.77. The van der Waals surface area contributed by atoms with Crippen molar-refractivity contribution in [3.05, 3.63) is 23.3 Å². The maximum atomic E-state index is 6.15. The molecule has 1 aromatic carbocycles. The SMILES string of the molecule is CCN(CC)C([Si]CCc1ccc([Si](C)C)c([Si](C)C)c1C(C)[Si]OC(C)C)N(CC)CC. The minimum atomic E-state index is -0.543. The molecule has 1 atom stereocenters. The van der Waals surface area contributed by atoms with E-state index in [0.29, 0.717) is 27.2 Å². The summed E-state index contributed by atoms with van der Waals surface area (Å²) in [6, 6.07) is 6.26. The van der Waals surface area contributed by atoms with Gasteiger partial charge in [-0.1, -0.05) is 89.4 Å². The molecule has 0 aliphatic carbocycles. The molecule has 1 rings (SSSR count). The molecule has 33 heavy (non-hydrogen) atoms. The maximum Gasteiger partial charge on any atom is 0.237 e. The quantitative estimate of drug-likeness (QED) is 0.239. The van der Waals surface area contributed by atoms with Gasteiger partial charge in [-0.2, -0.15) is 0 Å². The summed E-state index contributed by atoms with van der Waals surface area (Å²) in [7, 11) is 0.465. The van der Waals surface area contributed by atoms with Crippen LogP contribution in [-0.4, -0.2) is 84.7 Å². The predicted octanol–water partition coefficient (Wildman–Crippen LogP) is 4.35. The Kier molecular flexibility index (Phi) is 14.9. The Morgan fingerprint density at radius 2 is 1.39 bits per heavy atom. The monoisotopic (exact) mass is 518 g/mol. The van der Waals surface area contributed by atoms with Crippen LogP contribution in [0.2, 0.25) is 32.2 Å². The zero-order valence-corrected chi connectivity index (χ0v) is 27.4. The molecular formula is C26H50N2OSi4. The van der Waals surface area contributed by atoms with Gasteiger partial charge in [0.2, 0.25) is 9.76 Å². The molecule has 6 radical (unpaired) electrons. The number of rotatable bonds is 16. The third-order valence-electron chi connectivity index (χ3n) is 6.33. The second kappa shape index (κ2) is 15.9. The summed E-state index contributed by atoms with van der Waals surface area (Å²) >= 11 is 0. The second-order valence-corrected chi connectivity index (χ2v) is 17.4. The van der Waals surface area contributed by atoms with Crippen LogP contribution in [0.5, 0.6) is 0 Å². The van der Waals surface area contributed by atoms with E-state index in [4.69, 9.17) is 4.43 Å². The molecule has 0 aliphatic heterocycles. The first-order valence-electron chi connectivity index (χ1n) is 13.0. The molecular weight excluding hydrogens is 469 g/mol. The molecule has 0 fully saturated rings. The van der Waals surface area contributed by atoms with Gasteiger partial charge in [-0.3, -0.25) is 9.80 Å². The molecule has 7 heteroatoms. The van der Waals surface area contributed by atoms with Gasteiger partial charge >= 0.3 is 0 Å². The molecule has 0 amide bonds. The van der Waals surface area contributed by atoms with Crippen LogP contribution in [0.1, 0.15) is 65.1 Å². The number of hydrogen-bond acceptors (Lipinski definition) is 3. The van der Waals surface area contributed by atoms with Crippen molar-refractivity contribution in [2.45, 2.75) is 105 Å². The average molecular weight is 519 g/mol. The van der Waals surface area contributed by atoms with E-state index in [1.165, 1.54) is 12.5 Å². The minimum Gasteiger partial charge on any atom is -0.414 e. The lowest BCUT2D eigenvalue weighted by molar-refractivity contribution is 0.115. The summed E-state index contributed by atoms with van der Waals surface area (Å²) in [6.45, 7) is 30.4. The molecule has 186 valence electrons. The fourth-order valence-corrected chi connectivity index (χ4v) is 11.7. The van der Waals surface area contributed by atoms with Crippen molar-refractivity contribution in [3.63, 3.8) is 0 Å². The van der Waals surface area contributed by atoms with Crippen molar-refractivity contribution in [1.82, 2.24) is 9.80 Å². The summed E-state index contributed by atoms with van der Waals surface area (Å²) in [6.07, 6.45) is 1.50. The Bertz CT molecular complexity index is 665. The van der Waals surface area contributed by atoms with Gasteiger partial charge in [0.15, 0.2) is 0 Å². The van der Waals surface area contributed by atoms with Crippen LogP contribution in [0.3, 0.4) is 0 Å². The fourth-order valence-electron chi connectivity index (χ4n) is 4.59. The lowest BCUT2D eigenvalue weighted by atomic mass is 10.0. The number of benzene rings is 1. The number of hydrogen-bond donors (Lipinski definition) is 0. The van der Waals surface area contributed by atoms with Crippen molar-refractivity contribution < 1.29 is 4.43 Å². The summed E-state index contributed by atoms with van der Waals surface area (Å²) < 4.78 is 6.15. The molecule has 1 aromatic rings. The molecule has 0 aromatic heterocycles. The Labute approximate surface area is 215 Å². The van der Waals surface area contributed by atoms with Crippen molar-refractivity contribution in [3.8, 4) is 0 Å². The van der Waals surface area contributed by atoms with E-state index in [9.17, 15) is 0 Å². The van der Waals surface area contributed by atoms with Gasteiger partial charge in [-0.15, -0.1) is 0 Å². The standard InChI is InChI=1S/C26H50N2OSi4/c1-12-27(13-2)26(28(14-3)15-4)30-19-18-22-16-17-23(32(8)9)25(33(10)11)24(22)21(7)31-29-20(5)6/h16-17,20-21,26H,12-15,18-19H2,1-11H3. The zero-order chi connectivity index (χ0) is 25.1. The van der Waals surface area contributed by atoms with Gasteiger partial charge < -0.3 is 4.43 Å². The maximum absolute atomic E-state index is 6.15. The van der Waals surface area contributed by atoms with Gasteiger partial charge in [-0.05, 0) is 63.1 Å². The van der Waals surface area contributed by atoms with Crippen LogP contribution in [0.25, 0.3) is 0 Å². The predicted molar refractivity (Wildman–Crippen MR) is 155 cm³/mol. The third kappa shape index (κ3) is 9.17. The Morgan fingerprint density at radius 1 is 0.848 bits per heavy atom. The van der Waals surface area contributed by atoms with Crippen molar-refractivity contribution >= 4 is 47.2 Å². The van der Waals surface area contributed by atoms with Gasteiger partial charge in [0.1, 0.15) is 0 Å². The van der Waals surface area contributed by atoms with Crippen LogP contribution < -0.4 is 10.4 Å². The Morgan fingerprint density at radius 3 is 1.82 bits per heavy atom. The third-order valence-corrected chi connectivity index (χ3v) is 12.5. The van der Waals surface area contributed by atoms with Crippen LogP contribution in [0, 0.1) is 0 Å². The van der Waals surface area contributed by atoms with Gasteiger partial charge in [0.05, 0.1) is 27.1 Å². The van der Waals surface area contributed by atoms with E-state index in [1.807, 2.05) is 0 Å². The molecule has 0 saturated heterocycles. The van der Waals surface area contributed by atoms with E-state index in [2.05, 4.69) is 96.6 Å². The van der Waals surface area contributed by atoms with Crippen molar-refractivity contribution in [2.75, 3.05) is 26.2 Å². The Balaban J connectivity index is 3.26. The molecule has 0 spiro atoms. The van der Waals surface area contributed by atoms with Crippen LogP contribution >= 0.6 is 0 Å². The minimum absolute atomic E-state index is 0.302. The van der Waals surface area contributed by atoms with Crippen molar-refractivity contribution in [1.29, 1.82) is 0 Å². The second-order valence-electron chi connectivity index (χ2n) is 9.59. The van der Waals surface area contributed by atoms with Gasteiger partial charge in [0, 0.05) is 11.9 Å². The summed E-state index contributed by atoms with van der Waals surface area (Å²) in [5.74, 6) is 0.582. The fraction of sp³-hybridized carbons (Fsp3) is 0.769. The van der Waals surface area contributed by atoms with Crippen LogP contribution in [0.15, 0.2) is 12.1 Å². The summed E-state index contributed by atoms with van der Waals surface area (Å²) in [5, 5.41) is 3.40. The first-order valence-corrected chi connectivity index (χ1v) is 20.3. The lowest BCUT2D eigenvalue weighted by Crippen LogP contribution is -2.52. The van der Waals surface area contributed by atoms with E-state index in [1.54, 1.807) is 21.5 Å². The first-order chi connectivity index (χ1) is 15.6. The first kappa shape index (κ1) is 31.0. The molecule has 0 N–H and O–H groups in total. The van der Waals surface area contributed by atoms with E-state index >= 15 is 0 Å². The highest BCUT2D eigenvalue weighted by molar-refractivity contribution is 6.82. The van der Waals surface area contributed by atoms with E-state index in [-0.39, 0.29) is 0 Å². The lowest BCUT2D eigenvalue weighted by Gasteiger charge is -2.38. The molecule has 0 bridgehead atoms. The van der Waals surface area contributed by atoms with Crippen molar-refractivity contribution in [2.24, 2.45) is 0 Å². The number of nitrogens with zero attached hydrogens (tertiary/aromatic N) is 2. The molecule has 1 unspecified atom stereocenters. The largest absolute Gasteiger partial charge is 0.414 e. The van der Waals surface area contributed by atoms with Gasteiger partial charge in [-0.25, -0.2) is 0 Å². The van der Waals surface area contributed by atoms with Crippen LogP contribution in [-0.2, 0) is 10.8 Å². The highest BCUT2D eigenvalue weighted by Gasteiger charge is 2.25. The molecule has 3 nitrogen and oxygen atoms in total. The zero-order valence-electron chi connectivity index (χ0n) is 23.4. The highest BCUT2D eigenvalue weighted by atomic mass is 28.3. The highest BCUT2D eigenvalue weighted by Crippen LogP contribution is 2.21. The van der Waals surface area contributed by atoms with E-state index < -0.39 is 17.6 Å². The molecule has 0 saturated carbocycles. The Hall–Kier alpha value is -0.0325. The smallest absolute Gasteiger partial charge is 0.237 e. The molecule has 0 aliphatic rings. The summed E-state index contributed by atoms with van der Waals surface area (Å²) in [4.78, 5) is 5.31. The van der Waals surface area contributed by atoms with Gasteiger partial charge in [0.25, 0.3) is 0 Å². The van der Waals surface area contributed by atoms with E-state index in [0.717, 1.165) is 35.7 Å². The normalized spacial score (nSPS) is 13.5. The molecule has 0 heterocycles.